The van der Waals surface area contributed by atoms with Crippen molar-refractivity contribution in [3.05, 3.63) is 48.0 Å². The first kappa shape index (κ1) is 22.7. The molecule has 1 heterocycles. The Morgan fingerprint density at radius 3 is 2.41 bits per heavy atom. The molecule has 1 aromatic heterocycles. The smallest absolute Gasteiger partial charge is 0.261 e. The summed E-state index contributed by atoms with van der Waals surface area (Å²) in [6, 6.07) is 6.60. The minimum atomic E-state index is -3.31. The molecule has 1 fully saturated rings. The number of sulfone groups is 1. The highest BCUT2D eigenvalue weighted by molar-refractivity contribution is 7.90. The quantitative estimate of drug-likeness (QED) is 0.399. The first-order valence-electron chi connectivity index (χ1n) is 11.2. The molecule has 2 aliphatic carbocycles. The van der Waals surface area contributed by atoms with Gasteiger partial charge in [0.15, 0.2) is 15.6 Å². The van der Waals surface area contributed by atoms with Crippen LogP contribution >= 0.6 is 0 Å². The number of hydrogen-bond acceptors (Lipinski definition) is 6. The fourth-order valence-electron chi connectivity index (χ4n) is 4.90. The van der Waals surface area contributed by atoms with Crippen LogP contribution in [-0.2, 0) is 20.0 Å². The Balaban J connectivity index is 1.84. The number of nitrogens with zero attached hydrogens (tertiary/aromatic N) is 2. The molecule has 8 heteroatoms. The van der Waals surface area contributed by atoms with Gasteiger partial charge in [0.25, 0.3) is 5.91 Å². The van der Waals surface area contributed by atoms with Crippen LogP contribution < -0.4 is 0 Å². The van der Waals surface area contributed by atoms with E-state index in [-0.39, 0.29) is 10.8 Å². The lowest BCUT2D eigenvalue weighted by Crippen LogP contribution is -2.45. The summed E-state index contributed by atoms with van der Waals surface area (Å²) in [6.45, 7) is 0. The van der Waals surface area contributed by atoms with E-state index in [1.807, 2.05) is 0 Å². The molecule has 0 bridgehead atoms. The Morgan fingerprint density at radius 1 is 1.16 bits per heavy atom. The van der Waals surface area contributed by atoms with Gasteiger partial charge < -0.3 is 4.42 Å². The van der Waals surface area contributed by atoms with Gasteiger partial charge in [-0.3, -0.25) is 10.0 Å². The van der Waals surface area contributed by atoms with Crippen LogP contribution in [0.2, 0.25) is 0 Å². The minimum Gasteiger partial charge on any atom is -0.439 e. The van der Waals surface area contributed by atoms with Crippen LogP contribution in [0, 0.1) is 0 Å². The molecule has 32 heavy (non-hydrogen) atoms. The van der Waals surface area contributed by atoms with Crippen LogP contribution in [-0.4, -0.2) is 42.9 Å². The molecule has 1 saturated carbocycles. The molecule has 1 unspecified atom stereocenters. The summed E-state index contributed by atoms with van der Waals surface area (Å²) in [4.78, 5) is 18.2. The Morgan fingerprint density at radius 2 is 1.84 bits per heavy atom. The van der Waals surface area contributed by atoms with Gasteiger partial charge in [0.05, 0.1) is 10.6 Å². The van der Waals surface area contributed by atoms with E-state index >= 15 is 0 Å². The van der Waals surface area contributed by atoms with Crippen molar-refractivity contribution in [2.45, 2.75) is 67.6 Å². The van der Waals surface area contributed by atoms with Gasteiger partial charge in [-0.1, -0.05) is 31.4 Å². The second-order valence-electron chi connectivity index (χ2n) is 8.98. The van der Waals surface area contributed by atoms with Crippen molar-refractivity contribution >= 4 is 15.7 Å². The maximum absolute atomic E-state index is 13.1. The summed E-state index contributed by atoms with van der Waals surface area (Å²) in [7, 11) is -1.96. The Kier molecular flexibility index (Phi) is 6.27. The summed E-state index contributed by atoms with van der Waals surface area (Å²) >= 11 is 0. The van der Waals surface area contributed by atoms with Gasteiger partial charge in [-0.15, -0.1) is 0 Å². The van der Waals surface area contributed by atoms with Crippen molar-refractivity contribution in [2.24, 2.45) is 0 Å². The zero-order valence-corrected chi connectivity index (χ0v) is 19.4. The summed E-state index contributed by atoms with van der Waals surface area (Å²) < 4.78 is 30.1. The van der Waals surface area contributed by atoms with E-state index in [4.69, 9.17) is 9.40 Å². The number of aromatic nitrogens is 1. The van der Waals surface area contributed by atoms with Gasteiger partial charge in [0, 0.05) is 24.8 Å². The van der Waals surface area contributed by atoms with Crippen molar-refractivity contribution in [3.8, 4) is 11.3 Å². The highest BCUT2D eigenvalue weighted by atomic mass is 32.2. The lowest BCUT2D eigenvalue weighted by atomic mass is 9.73. The molecule has 0 radical (unpaired) electrons. The van der Waals surface area contributed by atoms with Gasteiger partial charge in [0.1, 0.15) is 5.41 Å². The zero-order chi connectivity index (χ0) is 22.9. The van der Waals surface area contributed by atoms with Crippen molar-refractivity contribution in [2.75, 3.05) is 13.3 Å². The second kappa shape index (κ2) is 8.83. The van der Waals surface area contributed by atoms with Crippen LogP contribution in [0.5, 0.6) is 0 Å². The standard InChI is InChI=1S/C24H30N2O5S/c1-26(28)23(27)24(15-7-4-8-16-24)22-25-20(17-9-5-3-6-10-17)21(31-22)18-11-13-19(14-12-18)32(2,29)30/h3,5,11-14,17,28H,4,6-10,15-16H2,1-2H3. The maximum Gasteiger partial charge on any atom is 0.261 e. The Labute approximate surface area is 189 Å². The molecule has 1 amide bonds. The Bertz CT molecular complexity index is 1110. The summed E-state index contributed by atoms with van der Waals surface area (Å²) in [5, 5.41) is 10.6. The average molecular weight is 459 g/mol. The van der Waals surface area contributed by atoms with Gasteiger partial charge in [-0.2, -0.15) is 0 Å². The second-order valence-corrected chi connectivity index (χ2v) is 11.0. The normalized spacial score (nSPS) is 20.8. The number of hydrogen-bond donors (Lipinski definition) is 1. The fraction of sp³-hybridized carbons (Fsp3) is 0.500. The first-order valence-corrected chi connectivity index (χ1v) is 13.1. The topological polar surface area (TPSA) is 101 Å². The molecule has 172 valence electrons. The third kappa shape index (κ3) is 4.26. The lowest BCUT2D eigenvalue weighted by Gasteiger charge is -2.34. The highest BCUT2D eigenvalue weighted by Gasteiger charge is 2.48. The predicted molar refractivity (Wildman–Crippen MR) is 120 cm³/mol. The molecule has 0 spiro atoms. The highest BCUT2D eigenvalue weighted by Crippen LogP contribution is 2.44. The van der Waals surface area contributed by atoms with Crippen molar-refractivity contribution in [1.82, 2.24) is 10.0 Å². The molecular weight excluding hydrogens is 428 g/mol. The van der Waals surface area contributed by atoms with E-state index in [0.717, 1.165) is 49.8 Å². The van der Waals surface area contributed by atoms with Crippen molar-refractivity contribution in [3.63, 3.8) is 0 Å². The first-order chi connectivity index (χ1) is 15.2. The molecule has 0 aliphatic heterocycles. The van der Waals surface area contributed by atoms with E-state index in [1.54, 1.807) is 24.3 Å². The van der Waals surface area contributed by atoms with Gasteiger partial charge >= 0.3 is 0 Å². The van der Waals surface area contributed by atoms with Crippen LogP contribution in [0.15, 0.2) is 45.7 Å². The monoisotopic (exact) mass is 458 g/mol. The molecule has 1 N–H and O–H groups in total. The lowest BCUT2D eigenvalue weighted by molar-refractivity contribution is -0.168. The van der Waals surface area contributed by atoms with Gasteiger partial charge in [-0.25, -0.2) is 18.5 Å². The fourth-order valence-corrected chi connectivity index (χ4v) is 5.53. The van der Waals surface area contributed by atoms with Crippen LogP contribution in [0.25, 0.3) is 11.3 Å². The van der Waals surface area contributed by atoms with Crippen molar-refractivity contribution < 1.29 is 22.8 Å². The predicted octanol–water partition coefficient (Wildman–Crippen LogP) is 4.62. The summed E-state index contributed by atoms with van der Waals surface area (Å²) in [6.07, 6.45) is 12.1. The number of benzene rings is 1. The number of likely N-dealkylation sites (N-methyl/N-ethyl adjacent to an activating group) is 1. The Hall–Kier alpha value is -2.45. The number of hydroxylamine groups is 2. The third-order valence-corrected chi connectivity index (χ3v) is 7.80. The number of amides is 1. The molecule has 7 nitrogen and oxygen atoms in total. The van der Waals surface area contributed by atoms with Crippen LogP contribution in [0.3, 0.4) is 0 Å². The van der Waals surface area contributed by atoms with E-state index < -0.39 is 21.2 Å². The molecule has 1 atom stereocenters. The van der Waals surface area contributed by atoms with E-state index in [1.165, 1.54) is 13.3 Å². The number of carbonyl (C=O) groups is 1. The van der Waals surface area contributed by atoms with E-state index in [9.17, 15) is 18.4 Å². The number of allylic oxidation sites excluding steroid dienone is 2. The summed E-state index contributed by atoms with van der Waals surface area (Å²) in [5.41, 5.74) is 0.553. The summed E-state index contributed by atoms with van der Waals surface area (Å²) in [5.74, 6) is 0.700. The molecule has 1 aromatic carbocycles. The molecular formula is C24H30N2O5S. The average Bonchev–Trinajstić information content (AvgIpc) is 3.25. The number of rotatable bonds is 5. The molecule has 2 aromatic rings. The largest absolute Gasteiger partial charge is 0.439 e. The van der Waals surface area contributed by atoms with Gasteiger partial charge in [0.2, 0.25) is 5.89 Å². The SMILES string of the molecule is CN(O)C(=O)C1(c2nc(C3CC=CCC3)c(-c3ccc(S(C)(=O)=O)cc3)o2)CCCCC1. The zero-order valence-electron chi connectivity index (χ0n) is 18.6. The van der Waals surface area contributed by atoms with Gasteiger partial charge in [-0.05, 0) is 56.4 Å². The minimum absolute atomic E-state index is 0.157. The number of oxazole rings is 1. The number of carbonyl (C=O) groups excluding carboxylic acids is 1. The van der Waals surface area contributed by atoms with E-state index in [2.05, 4.69) is 12.2 Å². The molecule has 0 saturated heterocycles. The van der Waals surface area contributed by atoms with Crippen LogP contribution in [0.1, 0.15) is 68.9 Å². The van der Waals surface area contributed by atoms with Crippen LogP contribution in [0.4, 0.5) is 0 Å². The van der Waals surface area contributed by atoms with E-state index in [0.29, 0.717) is 29.6 Å². The maximum atomic E-state index is 13.1. The third-order valence-electron chi connectivity index (χ3n) is 6.67. The van der Waals surface area contributed by atoms with Crippen molar-refractivity contribution in [1.29, 1.82) is 0 Å². The molecule has 2 aliphatic rings. The molecule has 4 rings (SSSR count).